The van der Waals surface area contributed by atoms with Crippen LogP contribution in [0.3, 0.4) is 0 Å². The SMILES string of the molecule is CCn1nc(C)c(C(=O)C(C)(C)C)c1C. The van der Waals surface area contributed by atoms with Gasteiger partial charge in [-0.15, -0.1) is 0 Å². The molecule has 0 N–H and O–H groups in total. The maximum Gasteiger partial charge on any atom is 0.171 e. The summed E-state index contributed by atoms with van der Waals surface area (Å²) in [4.78, 5) is 12.2. The van der Waals surface area contributed by atoms with Crippen molar-refractivity contribution in [2.75, 3.05) is 0 Å². The summed E-state index contributed by atoms with van der Waals surface area (Å²) >= 11 is 0. The highest BCUT2D eigenvalue weighted by molar-refractivity contribution is 6.01. The lowest BCUT2D eigenvalue weighted by Crippen LogP contribution is -2.21. The predicted molar refractivity (Wildman–Crippen MR) is 61.2 cm³/mol. The van der Waals surface area contributed by atoms with Gasteiger partial charge < -0.3 is 0 Å². The van der Waals surface area contributed by atoms with Crippen LogP contribution in [-0.2, 0) is 6.54 Å². The van der Waals surface area contributed by atoms with Crippen LogP contribution in [0.25, 0.3) is 0 Å². The van der Waals surface area contributed by atoms with Crippen LogP contribution in [0.4, 0.5) is 0 Å². The number of aryl methyl sites for hydroxylation is 2. The molecule has 0 amide bonds. The monoisotopic (exact) mass is 208 g/mol. The van der Waals surface area contributed by atoms with Crippen molar-refractivity contribution in [3.8, 4) is 0 Å². The number of carbonyl (C=O) groups is 1. The summed E-state index contributed by atoms with van der Waals surface area (Å²) in [5.74, 6) is 0.178. The van der Waals surface area contributed by atoms with Crippen LogP contribution >= 0.6 is 0 Å². The third kappa shape index (κ3) is 2.11. The summed E-state index contributed by atoms with van der Waals surface area (Å²) in [7, 11) is 0. The molecule has 3 nitrogen and oxygen atoms in total. The van der Waals surface area contributed by atoms with Crippen molar-refractivity contribution in [1.82, 2.24) is 9.78 Å². The van der Waals surface area contributed by atoms with Gasteiger partial charge in [-0.2, -0.15) is 5.10 Å². The molecular formula is C12H20N2O. The second kappa shape index (κ2) is 3.80. The third-order valence-corrected chi connectivity index (χ3v) is 2.59. The van der Waals surface area contributed by atoms with E-state index >= 15 is 0 Å². The Morgan fingerprint density at radius 2 is 1.87 bits per heavy atom. The van der Waals surface area contributed by atoms with Crippen LogP contribution in [0.5, 0.6) is 0 Å². The molecule has 15 heavy (non-hydrogen) atoms. The first-order chi connectivity index (χ1) is 6.79. The van der Waals surface area contributed by atoms with Crippen molar-refractivity contribution < 1.29 is 4.79 Å². The zero-order chi connectivity index (χ0) is 11.8. The highest BCUT2D eigenvalue weighted by Gasteiger charge is 2.28. The van der Waals surface area contributed by atoms with Crippen molar-refractivity contribution in [3.63, 3.8) is 0 Å². The van der Waals surface area contributed by atoms with Crippen LogP contribution in [0, 0.1) is 19.3 Å². The van der Waals surface area contributed by atoms with E-state index in [4.69, 9.17) is 0 Å². The minimum Gasteiger partial charge on any atom is -0.293 e. The molecule has 0 saturated heterocycles. The summed E-state index contributed by atoms with van der Waals surface area (Å²) < 4.78 is 1.88. The average Bonchev–Trinajstić information content (AvgIpc) is 2.39. The molecule has 0 radical (unpaired) electrons. The minimum atomic E-state index is -0.336. The van der Waals surface area contributed by atoms with Crippen LogP contribution < -0.4 is 0 Å². The lowest BCUT2D eigenvalue weighted by Gasteiger charge is -2.16. The smallest absolute Gasteiger partial charge is 0.171 e. The molecule has 84 valence electrons. The molecule has 0 aromatic carbocycles. The zero-order valence-corrected chi connectivity index (χ0v) is 10.5. The molecule has 0 aliphatic carbocycles. The number of aromatic nitrogens is 2. The normalized spacial score (nSPS) is 11.9. The van der Waals surface area contributed by atoms with Gasteiger partial charge in [0.25, 0.3) is 0 Å². The van der Waals surface area contributed by atoms with Crippen molar-refractivity contribution in [2.24, 2.45) is 5.41 Å². The molecule has 0 unspecified atom stereocenters. The fraction of sp³-hybridized carbons (Fsp3) is 0.667. The fourth-order valence-electron chi connectivity index (χ4n) is 1.71. The molecule has 0 bridgehead atoms. The molecule has 0 spiro atoms. The van der Waals surface area contributed by atoms with Crippen molar-refractivity contribution in [2.45, 2.75) is 48.1 Å². The van der Waals surface area contributed by atoms with E-state index in [1.165, 1.54) is 0 Å². The number of nitrogens with zero attached hydrogens (tertiary/aromatic N) is 2. The Morgan fingerprint density at radius 1 is 1.33 bits per heavy atom. The Kier molecular flexibility index (Phi) is 3.03. The maximum absolute atomic E-state index is 12.2. The van der Waals surface area contributed by atoms with Gasteiger partial charge in [0.2, 0.25) is 0 Å². The highest BCUT2D eigenvalue weighted by Crippen LogP contribution is 2.25. The second-order valence-electron chi connectivity index (χ2n) is 4.94. The average molecular weight is 208 g/mol. The molecule has 0 atom stereocenters. The molecule has 0 aliphatic rings. The number of rotatable bonds is 2. The van der Waals surface area contributed by atoms with Crippen molar-refractivity contribution >= 4 is 5.78 Å². The first-order valence-electron chi connectivity index (χ1n) is 5.37. The van der Waals surface area contributed by atoms with Gasteiger partial charge in [0, 0.05) is 17.7 Å². The van der Waals surface area contributed by atoms with E-state index in [0.29, 0.717) is 0 Å². The minimum absolute atomic E-state index is 0.178. The largest absolute Gasteiger partial charge is 0.293 e. The van der Waals surface area contributed by atoms with E-state index in [1.54, 1.807) is 0 Å². The summed E-state index contributed by atoms with van der Waals surface area (Å²) in [5.41, 5.74) is 2.28. The molecule has 1 aromatic rings. The molecule has 0 saturated carbocycles. The second-order valence-corrected chi connectivity index (χ2v) is 4.94. The van der Waals surface area contributed by atoms with Gasteiger partial charge in [0.05, 0.1) is 11.3 Å². The molecular weight excluding hydrogens is 188 g/mol. The van der Waals surface area contributed by atoms with Gasteiger partial charge in [-0.1, -0.05) is 20.8 Å². The van der Waals surface area contributed by atoms with Gasteiger partial charge >= 0.3 is 0 Å². The number of ketones is 1. The summed E-state index contributed by atoms with van der Waals surface area (Å²) in [6.45, 7) is 12.5. The van der Waals surface area contributed by atoms with Gasteiger partial charge in [0.15, 0.2) is 5.78 Å². The number of Topliss-reactive ketones (excluding diaryl/α,β-unsaturated/α-hetero) is 1. The van der Waals surface area contributed by atoms with Gasteiger partial charge in [-0.05, 0) is 20.8 Å². The van der Waals surface area contributed by atoms with Crippen LogP contribution in [-0.4, -0.2) is 15.6 Å². The highest BCUT2D eigenvalue weighted by atomic mass is 16.1. The predicted octanol–water partition coefficient (Wildman–Crippen LogP) is 2.75. The summed E-state index contributed by atoms with van der Waals surface area (Å²) in [6, 6.07) is 0. The maximum atomic E-state index is 12.2. The van der Waals surface area contributed by atoms with E-state index in [1.807, 2.05) is 46.2 Å². The Labute approximate surface area is 91.5 Å². The van der Waals surface area contributed by atoms with E-state index in [-0.39, 0.29) is 11.2 Å². The van der Waals surface area contributed by atoms with E-state index < -0.39 is 0 Å². The molecule has 0 fully saturated rings. The topological polar surface area (TPSA) is 34.9 Å². The Bertz CT molecular complexity index is 383. The van der Waals surface area contributed by atoms with E-state index in [2.05, 4.69) is 5.10 Å². The van der Waals surface area contributed by atoms with Crippen LogP contribution in [0.1, 0.15) is 49.4 Å². The van der Waals surface area contributed by atoms with E-state index in [9.17, 15) is 4.79 Å². The summed E-state index contributed by atoms with van der Waals surface area (Å²) in [5, 5.41) is 4.36. The zero-order valence-electron chi connectivity index (χ0n) is 10.5. The Morgan fingerprint density at radius 3 is 2.20 bits per heavy atom. The van der Waals surface area contributed by atoms with Crippen LogP contribution in [0.2, 0.25) is 0 Å². The van der Waals surface area contributed by atoms with E-state index in [0.717, 1.165) is 23.5 Å². The van der Waals surface area contributed by atoms with Gasteiger partial charge in [-0.25, -0.2) is 0 Å². The standard InChI is InChI=1S/C12H20N2O/c1-7-14-9(3)10(8(2)13-14)11(15)12(4,5)6/h7H2,1-6H3. The Hall–Kier alpha value is -1.12. The molecule has 3 heteroatoms. The quantitative estimate of drug-likeness (QED) is 0.700. The van der Waals surface area contributed by atoms with Crippen LogP contribution in [0.15, 0.2) is 0 Å². The Balaban J connectivity index is 3.26. The molecule has 1 rings (SSSR count). The first-order valence-corrected chi connectivity index (χ1v) is 5.37. The lowest BCUT2D eigenvalue weighted by molar-refractivity contribution is 0.0857. The molecule has 1 heterocycles. The number of hydrogen-bond acceptors (Lipinski definition) is 2. The third-order valence-electron chi connectivity index (χ3n) is 2.59. The van der Waals surface area contributed by atoms with Crippen molar-refractivity contribution in [3.05, 3.63) is 17.0 Å². The summed E-state index contributed by atoms with van der Waals surface area (Å²) in [6.07, 6.45) is 0. The lowest BCUT2D eigenvalue weighted by atomic mass is 9.86. The van der Waals surface area contributed by atoms with Gasteiger partial charge in [0.1, 0.15) is 0 Å². The number of hydrogen-bond donors (Lipinski definition) is 0. The van der Waals surface area contributed by atoms with Crippen molar-refractivity contribution in [1.29, 1.82) is 0 Å². The van der Waals surface area contributed by atoms with Gasteiger partial charge in [-0.3, -0.25) is 9.48 Å². The number of carbonyl (C=O) groups excluding carboxylic acids is 1. The molecule has 1 aromatic heterocycles. The molecule has 0 aliphatic heterocycles. The fourth-order valence-corrected chi connectivity index (χ4v) is 1.71. The first kappa shape index (κ1) is 12.0.